The highest BCUT2D eigenvalue weighted by molar-refractivity contribution is 6.15. The number of allylic oxidation sites excluding steroid dienone is 5. The van der Waals surface area contributed by atoms with Gasteiger partial charge in [0.1, 0.15) is 18.8 Å². The van der Waals surface area contributed by atoms with Crippen molar-refractivity contribution < 1.29 is 9.63 Å². The Balaban J connectivity index is 2.97. The minimum absolute atomic E-state index is 0.411. The van der Waals surface area contributed by atoms with Crippen LogP contribution in [0.2, 0.25) is 0 Å². The normalized spacial score (nSPS) is 18.6. The Morgan fingerprint density at radius 2 is 2.18 bits per heavy atom. The topological polar surface area (TPSA) is 38.7 Å². The molecule has 0 amide bonds. The molecule has 11 heavy (non-hydrogen) atoms. The summed E-state index contributed by atoms with van der Waals surface area (Å²) in [6.45, 7) is 0. The van der Waals surface area contributed by atoms with Crippen LogP contribution in [0.3, 0.4) is 0 Å². The molecular formula is C8H7NO2. The van der Waals surface area contributed by atoms with Crippen molar-refractivity contribution in [2.45, 2.75) is 0 Å². The Morgan fingerprint density at radius 1 is 1.45 bits per heavy atom. The summed E-state index contributed by atoms with van der Waals surface area (Å²) in [5.41, 5.74) is 0.916. The maximum atomic E-state index is 10.3. The second kappa shape index (κ2) is 3.54. The molecule has 0 heterocycles. The monoisotopic (exact) mass is 149 g/mol. The summed E-state index contributed by atoms with van der Waals surface area (Å²) in [4.78, 5) is 14.8. The van der Waals surface area contributed by atoms with E-state index in [4.69, 9.17) is 0 Å². The number of hydrogen-bond donors (Lipinski definition) is 0. The minimum Gasteiger partial charge on any atom is -0.399 e. The molecule has 0 atom stereocenters. The van der Waals surface area contributed by atoms with Gasteiger partial charge in [0.05, 0.1) is 5.57 Å². The van der Waals surface area contributed by atoms with E-state index < -0.39 is 0 Å². The third-order valence-electron chi connectivity index (χ3n) is 1.20. The fourth-order valence-corrected chi connectivity index (χ4v) is 0.738. The van der Waals surface area contributed by atoms with E-state index in [0.717, 1.165) is 0 Å². The van der Waals surface area contributed by atoms with Crippen molar-refractivity contribution in [2.24, 2.45) is 5.16 Å². The van der Waals surface area contributed by atoms with Crippen molar-refractivity contribution in [1.29, 1.82) is 0 Å². The van der Waals surface area contributed by atoms with Gasteiger partial charge in [0.2, 0.25) is 0 Å². The molecule has 1 aliphatic carbocycles. The summed E-state index contributed by atoms with van der Waals surface area (Å²) in [5, 5.41) is 3.61. The van der Waals surface area contributed by atoms with Gasteiger partial charge >= 0.3 is 0 Å². The van der Waals surface area contributed by atoms with Crippen LogP contribution in [0.4, 0.5) is 0 Å². The molecule has 3 nitrogen and oxygen atoms in total. The van der Waals surface area contributed by atoms with E-state index in [-0.39, 0.29) is 0 Å². The van der Waals surface area contributed by atoms with Gasteiger partial charge in [0.25, 0.3) is 0 Å². The van der Waals surface area contributed by atoms with Crippen molar-refractivity contribution in [2.75, 3.05) is 7.11 Å². The van der Waals surface area contributed by atoms with Crippen LogP contribution < -0.4 is 0 Å². The van der Waals surface area contributed by atoms with Crippen molar-refractivity contribution in [3.63, 3.8) is 0 Å². The van der Waals surface area contributed by atoms with Crippen LogP contribution in [0.5, 0.6) is 0 Å². The van der Waals surface area contributed by atoms with Gasteiger partial charge in [0, 0.05) is 0 Å². The van der Waals surface area contributed by atoms with E-state index >= 15 is 0 Å². The molecule has 0 saturated heterocycles. The zero-order chi connectivity index (χ0) is 8.10. The zero-order valence-electron chi connectivity index (χ0n) is 6.07. The maximum absolute atomic E-state index is 10.3. The minimum atomic E-state index is 0.411. The Bertz CT molecular complexity index is 280. The molecule has 0 aromatic carbocycles. The lowest BCUT2D eigenvalue weighted by molar-refractivity contribution is 0.214. The largest absolute Gasteiger partial charge is 0.399 e. The molecule has 0 unspecified atom stereocenters. The quantitative estimate of drug-likeness (QED) is 0.410. The SMILES string of the molecule is CO/N=C1/C=CC=CC1=C=O. The van der Waals surface area contributed by atoms with E-state index in [1.807, 2.05) is 0 Å². The highest BCUT2D eigenvalue weighted by Crippen LogP contribution is 2.04. The van der Waals surface area contributed by atoms with E-state index in [0.29, 0.717) is 11.3 Å². The second-order valence-electron chi connectivity index (χ2n) is 1.89. The van der Waals surface area contributed by atoms with Crippen molar-refractivity contribution in [1.82, 2.24) is 0 Å². The van der Waals surface area contributed by atoms with E-state index in [9.17, 15) is 4.79 Å². The van der Waals surface area contributed by atoms with Crippen LogP contribution in [0.1, 0.15) is 0 Å². The van der Waals surface area contributed by atoms with Gasteiger partial charge < -0.3 is 4.84 Å². The molecule has 0 aliphatic heterocycles. The summed E-state index contributed by atoms with van der Waals surface area (Å²) in [6, 6.07) is 0. The summed E-state index contributed by atoms with van der Waals surface area (Å²) >= 11 is 0. The number of hydrogen-bond acceptors (Lipinski definition) is 3. The van der Waals surface area contributed by atoms with Gasteiger partial charge in [-0.1, -0.05) is 17.3 Å². The number of rotatable bonds is 1. The fourth-order valence-electron chi connectivity index (χ4n) is 0.738. The van der Waals surface area contributed by atoms with Gasteiger partial charge in [-0.05, 0) is 12.2 Å². The molecule has 0 aromatic rings. The van der Waals surface area contributed by atoms with Gasteiger partial charge in [-0.15, -0.1) is 0 Å². The third-order valence-corrected chi connectivity index (χ3v) is 1.20. The molecule has 0 fully saturated rings. The molecule has 3 heteroatoms. The first-order valence-electron chi connectivity index (χ1n) is 3.10. The molecular weight excluding hydrogens is 142 g/mol. The predicted molar refractivity (Wildman–Crippen MR) is 41.9 cm³/mol. The van der Waals surface area contributed by atoms with Crippen molar-refractivity contribution in [3.8, 4) is 0 Å². The number of carbonyl (C=O) groups excluding carboxylic acids is 1. The van der Waals surface area contributed by atoms with Crippen LogP contribution in [0.15, 0.2) is 35.0 Å². The lowest BCUT2D eigenvalue weighted by atomic mass is 10.1. The van der Waals surface area contributed by atoms with Crippen molar-refractivity contribution >= 4 is 11.7 Å². The summed E-state index contributed by atoms with van der Waals surface area (Å²) in [6.07, 6.45) is 6.84. The maximum Gasteiger partial charge on any atom is 0.134 e. The lowest BCUT2D eigenvalue weighted by Crippen LogP contribution is -2.00. The zero-order valence-corrected chi connectivity index (χ0v) is 6.07. The molecule has 0 N–H and O–H groups in total. The Labute approximate surface area is 64.3 Å². The standard InChI is InChI=1S/C8H7NO2/c1-11-9-8-5-3-2-4-7(8)6-10/h2-5H,1H3/b9-8-. The first-order valence-corrected chi connectivity index (χ1v) is 3.10. The van der Waals surface area contributed by atoms with Gasteiger partial charge in [-0.3, -0.25) is 0 Å². The van der Waals surface area contributed by atoms with Gasteiger partial charge in [0.15, 0.2) is 0 Å². The Morgan fingerprint density at radius 3 is 2.82 bits per heavy atom. The van der Waals surface area contributed by atoms with Crippen molar-refractivity contribution in [3.05, 3.63) is 29.9 Å². The number of oxime groups is 1. The Hall–Kier alpha value is -1.60. The Kier molecular flexibility index (Phi) is 2.42. The molecule has 0 radical (unpaired) electrons. The first kappa shape index (κ1) is 7.51. The second-order valence-corrected chi connectivity index (χ2v) is 1.89. The van der Waals surface area contributed by atoms with Crippen LogP contribution in [0.25, 0.3) is 0 Å². The third kappa shape index (κ3) is 1.66. The lowest BCUT2D eigenvalue weighted by Gasteiger charge is -1.99. The fraction of sp³-hybridized carbons (Fsp3) is 0.125. The molecule has 1 rings (SSSR count). The average molecular weight is 149 g/mol. The summed E-state index contributed by atoms with van der Waals surface area (Å²) in [5.74, 6) is 1.76. The smallest absolute Gasteiger partial charge is 0.134 e. The highest BCUT2D eigenvalue weighted by Gasteiger charge is 2.04. The summed E-state index contributed by atoms with van der Waals surface area (Å²) < 4.78 is 0. The summed E-state index contributed by atoms with van der Waals surface area (Å²) in [7, 11) is 1.43. The van der Waals surface area contributed by atoms with Crippen LogP contribution in [-0.4, -0.2) is 18.8 Å². The van der Waals surface area contributed by atoms with Gasteiger partial charge in [-0.2, -0.15) is 0 Å². The molecule has 0 saturated carbocycles. The van der Waals surface area contributed by atoms with Gasteiger partial charge in [-0.25, -0.2) is 4.79 Å². The highest BCUT2D eigenvalue weighted by atomic mass is 16.6. The van der Waals surface area contributed by atoms with Crippen LogP contribution >= 0.6 is 0 Å². The molecule has 0 spiro atoms. The van der Waals surface area contributed by atoms with Crippen LogP contribution in [0, 0.1) is 0 Å². The van der Waals surface area contributed by atoms with E-state index in [1.54, 1.807) is 30.2 Å². The molecule has 0 aromatic heterocycles. The first-order chi connectivity index (χ1) is 5.38. The molecule has 56 valence electrons. The van der Waals surface area contributed by atoms with E-state index in [2.05, 4.69) is 9.99 Å². The van der Waals surface area contributed by atoms with Crippen LogP contribution in [-0.2, 0) is 9.63 Å². The molecule has 0 bridgehead atoms. The average Bonchev–Trinajstić information content (AvgIpc) is 2.06. The number of nitrogens with zero attached hydrogens (tertiary/aromatic N) is 1. The molecule has 1 aliphatic rings. The predicted octanol–water partition coefficient (Wildman–Crippen LogP) is 0.873. The van der Waals surface area contributed by atoms with E-state index in [1.165, 1.54) is 7.11 Å².